The molecule has 1 heterocycles. The van der Waals surface area contributed by atoms with Crippen molar-refractivity contribution in [2.24, 2.45) is 5.92 Å². The fraction of sp³-hybridized carbons (Fsp3) is 0.471. The summed E-state index contributed by atoms with van der Waals surface area (Å²) in [5.41, 5.74) is 4.92. The van der Waals surface area contributed by atoms with Crippen LogP contribution in [-0.2, 0) is 34.8 Å². The van der Waals surface area contributed by atoms with Crippen molar-refractivity contribution in [2.75, 3.05) is 24.4 Å². The number of hydrogen-bond donors (Lipinski definition) is 1. The standard InChI is InChI=1S/C34H43FN2O3S/c1-34(2,3)29-11-8-26(9-12-29)16-19-37-20-17-27-22-31(14-10-28(27)24-37)41(38,39)36-33-15-13-30(23-32(33)35)40-21-18-25-6-4-5-7-25/h8-15,22-23,25,36H,4-7,16-21,24H2,1-3H3. The second-order valence-corrected chi connectivity index (χ2v) is 14.4. The molecule has 0 atom stereocenters. The van der Waals surface area contributed by atoms with Gasteiger partial charge in [-0.05, 0) is 77.1 Å². The molecular weight excluding hydrogens is 535 g/mol. The van der Waals surface area contributed by atoms with Gasteiger partial charge in [0.15, 0.2) is 5.82 Å². The molecule has 1 saturated carbocycles. The maximum Gasteiger partial charge on any atom is 0.261 e. The van der Waals surface area contributed by atoms with Crippen molar-refractivity contribution in [3.8, 4) is 5.75 Å². The number of sulfonamides is 1. The number of fused-ring (bicyclic) bond motifs is 1. The van der Waals surface area contributed by atoms with Crippen LogP contribution >= 0.6 is 0 Å². The number of hydrogen-bond acceptors (Lipinski definition) is 4. The van der Waals surface area contributed by atoms with E-state index in [1.54, 1.807) is 18.2 Å². The Morgan fingerprint density at radius 2 is 1.73 bits per heavy atom. The largest absolute Gasteiger partial charge is 0.493 e. The number of ether oxygens (including phenoxy) is 1. The first kappa shape index (κ1) is 29.6. The third kappa shape index (κ3) is 7.69. The van der Waals surface area contributed by atoms with Gasteiger partial charge in [-0.3, -0.25) is 9.62 Å². The molecule has 1 N–H and O–H groups in total. The highest BCUT2D eigenvalue weighted by Gasteiger charge is 2.22. The van der Waals surface area contributed by atoms with E-state index in [0.717, 1.165) is 50.0 Å². The summed E-state index contributed by atoms with van der Waals surface area (Å²) in [6, 6.07) is 18.5. The van der Waals surface area contributed by atoms with E-state index in [1.165, 1.54) is 48.9 Å². The van der Waals surface area contributed by atoms with Gasteiger partial charge in [0.05, 0.1) is 17.2 Å². The smallest absolute Gasteiger partial charge is 0.261 e. The lowest BCUT2D eigenvalue weighted by Gasteiger charge is -2.29. The molecule has 0 aromatic heterocycles. The van der Waals surface area contributed by atoms with Crippen molar-refractivity contribution in [2.45, 2.75) is 82.6 Å². The molecule has 0 amide bonds. The molecule has 0 radical (unpaired) electrons. The monoisotopic (exact) mass is 578 g/mol. The zero-order valence-corrected chi connectivity index (χ0v) is 25.4. The topological polar surface area (TPSA) is 58.6 Å². The van der Waals surface area contributed by atoms with Gasteiger partial charge >= 0.3 is 0 Å². The summed E-state index contributed by atoms with van der Waals surface area (Å²) < 4.78 is 49.2. The Hall–Kier alpha value is -2.90. The van der Waals surface area contributed by atoms with Crippen molar-refractivity contribution >= 4 is 15.7 Å². The maximum atomic E-state index is 14.8. The van der Waals surface area contributed by atoms with Crippen LogP contribution in [-0.4, -0.2) is 33.0 Å². The van der Waals surface area contributed by atoms with E-state index >= 15 is 0 Å². The minimum Gasteiger partial charge on any atom is -0.493 e. The zero-order chi connectivity index (χ0) is 29.0. The number of nitrogens with zero attached hydrogens (tertiary/aromatic N) is 1. The molecule has 0 saturated heterocycles. The van der Waals surface area contributed by atoms with E-state index in [1.807, 2.05) is 6.07 Å². The fourth-order valence-electron chi connectivity index (χ4n) is 5.92. The predicted octanol–water partition coefficient (Wildman–Crippen LogP) is 7.48. The van der Waals surface area contributed by atoms with Crippen LogP contribution in [0, 0.1) is 11.7 Å². The molecule has 5 rings (SSSR count). The van der Waals surface area contributed by atoms with Crippen molar-refractivity contribution in [3.05, 3.63) is 88.7 Å². The number of nitrogens with one attached hydrogen (secondary N) is 1. The van der Waals surface area contributed by atoms with Crippen LogP contribution in [0.1, 0.15) is 75.1 Å². The Morgan fingerprint density at radius 3 is 2.44 bits per heavy atom. The van der Waals surface area contributed by atoms with E-state index in [9.17, 15) is 12.8 Å². The van der Waals surface area contributed by atoms with Gasteiger partial charge in [0, 0.05) is 25.7 Å². The van der Waals surface area contributed by atoms with Crippen LogP contribution in [0.5, 0.6) is 5.75 Å². The molecule has 0 bridgehead atoms. The summed E-state index contributed by atoms with van der Waals surface area (Å²) in [5, 5.41) is 0. The summed E-state index contributed by atoms with van der Waals surface area (Å²) in [6.45, 7) is 9.85. The third-order valence-electron chi connectivity index (χ3n) is 8.57. The quantitative estimate of drug-likeness (QED) is 0.271. The second kappa shape index (κ2) is 12.5. The van der Waals surface area contributed by atoms with Gasteiger partial charge in [0.1, 0.15) is 5.75 Å². The van der Waals surface area contributed by atoms with Gasteiger partial charge in [-0.2, -0.15) is 0 Å². The molecule has 3 aromatic carbocycles. The lowest BCUT2D eigenvalue weighted by molar-refractivity contribution is 0.257. The SMILES string of the molecule is CC(C)(C)c1ccc(CCN2CCc3cc(S(=O)(=O)Nc4ccc(OCCC5CCCC5)cc4F)ccc3C2)cc1. The van der Waals surface area contributed by atoms with Crippen molar-refractivity contribution < 1.29 is 17.5 Å². The van der Waals surface area contributed by atoms with Crippen molar-refractivity contribution in [1.82, 2.24) is 4.90 Å². The minimum atomic E-state index is -3.93. The molecule has 1 fully saturated rings. The molecule has 41 heavy (non-hydrogen) atoms. The van der Waals surface area contributed by atoms with Gasteiger partial charge in [-0.25, -0.2) is 12.8 Å². The van der Waals surface area contributed by atoms with E-state index < -0.39 is 15.8 Å². The van der Waals surface area contributed by atoms with Gasteiger partial charge < -0.3 is 4.74 Å². The molecule has 1 aliphatic heterocycles. The Morgan fingerprint density at radius 1 is 0.976 bits per heavy atom. The van der Waals surface area contributed by atoms with E-state index in [4.69, 9.17) is 4.74 Å². The molecule has 0 unspecified atom stereocenters. The third-order valence-corrected chi connectivity index (χ3v) is 9.93. The molecule has 1 aliphatic carbocycles. The lowest BCUT2D eigenvalue weighted by Crippen LogP contribution is -2.32. The van der Waals surface area contributed by atoms with E-state index in [2.05, 4.69) is 54.7 Å². The van der Waals surface area contributed by atoms with Crippen molar-refractivity contribution in [1.29, 1.82) is 0 Å². The van der Waals surface area contributed by atoms with Gasteiger partial charge in [0.25, 0.3) is 10.0 Å². The zero-order valence-electron chi connectivity index (χ0n) is 24.6. The Bertz CT molecular complexity index is 1440. The van der Waals surface area contributed by atoms with E-state index in [0.29, 0.717) is 18.3 Å². The maximum absolute atomic E-state index is 14.8. The molecule has 2 aliphatic rings. The van der Waals surface area contributed by atoms with Crippen LogP contribution in [0.3, 0.4) is 0 Å². The summed E-state index contributed by atoms with van der Waals surface area (Å²) >= 11 is 0. The summed E-state index contributed by atoms with van der Waals surface area (Å²) in [6.07, 6.45) is 7.78. The predicted molar refractivity (Wildman–Crippen MR) is 164 cm³/mol. The second-order valence-electron chi connectivity index (χ2n) is 12.7. The number of anilines is 1. The number of benzene rings is 3. The van der Waals surface area contributed by atoms with Crippen LogP contribution in [0.25, 0.3) is 0 Å². The average Bonchev–Trinajstić information content (AvgIpc) is 3.46. The fourth-order valence-corrected chi connectivity index (χ4v) is 7.04. The number of halogens is 1. The molecular formula is C34H43FN2O3S. The Kier molecular flexibility index (Phi) is 9.05. The Balaban J connectivity index is 1.15. The summed E-state index contributed by atoms with van der Waals surface area (Å²) in [4.78, 5) is 2.57. The van der Waals surface area contributed by atoms with Crippen LogP contribution < -0.4 is 9.46 Å². The molecule has 5 nitrogen and oxygen atoms in total. The van der Waals surface area contributed by atoms with Crippen LogP contribution in [0.15, 0.2) is 65.6 Å². The van der Waals surface area contributed by atoms with Gasteiger partial charge in [-0.1, -0.05) is 76.8 Å². The average molecular weight is 579 g/mol. The molecule has 7 heteroatoms. The first-order valence-corrected chi connectivity index (χ1v) is 16.4. The van der Waals surface area contributed by atoms with Crippen LogP contribution in [0.4, 0.5) is 10.1 Å². The number of rotatable bonds is 10. The minimum absolute atomic E-state index is 0.0763. The Labute approximate surface area is 245 Å². The molecule has 220 valence electrons. The first-order valence-electron chi connectivity index (χ1n) is 15.0. The highest BCUT2D eigenvalue weighted by Crippen LogP contribution is 2.29. The van der Waals surface area contributed by atoms with Crippen molar-refractivity contribution in [3.63, 3.8) is 0 Å². The highest BCUT2D eigenvalue weighted by atomic mass is 32.2. The summed E-state index contributed by atoms with van der Waals surface area (Å²) in [7, 11) is -3.93. The van der Waals surface area contributed by atoms with E-state index in [-0.39, 0.29) is 16.0 Å². The van der Waals surface area contributed by atoms with Crippen LogP contribution in [0.2, 0.25) is 0 Å². The van der Waals surface area contributed by atoms with Gasteiger partial charge in [0.2, 0.25) is 0 Å². The molecule has 3 aromatic rings. The highest BCUT2D eigenvalue weighted by molar-refractivity contribution is 7.92. The summed E-state index contributed by atoms with van der Waals surface area (Å²) in [5.74, 6) is 0.472. The molecule has 0 spiro atoms. The van der Waals surface area contributed by atoms with Gasteiger partial charge in [-0.15, -0.1) is 0 Å². The first-order chi connectivity index (χ1) is 19.6. The lowest BCUT2D eigenvalue weighted by atomic mass is 9.86. The normalized spacial score (nSPS) is 16.5.